The first kappa shape index (κ1) is 36.0. The van der Waals surface area contributed by atoms with Crippen LogP contribution in [-0.2, 0) is 11.2 Å². The predicted molar refractivity (Wildman–Crippen MR) is 161 cm³/mol. The molecule has 0 fully saturated rings. The second-order valence-corrected chi connectivity index (χ2v) is 10.9. The summed E-state index contributed by atoms with van der Waals surface area (Å²) in [5.41, 5.74) is 4.01. The summed E-state index contributed by atoms with van der Waals surface area (Å²) in [6.07, 6.45) is 6.77. The number of aliphatic hydroxyl groups is 1. The molecule has 1 amide bonds. The summed E-state index contributed by atoms with van der Waals surface area (Å²) in [6.45, 7) is 22.8. The number of hydrogen-bond donors (Lipinski definition) is 2. The summed E-state index contributed by atoms with van der Waals surface area (Å²) in [5.74, 6) is 0.954. The first-order valence-electron chi connectivity index (χ1n) is 13.9. The van der Waals surface area contributed by atoms with Gasteiger partial charge in [-0.2, -0.15) is 0 Å². The summed E-state index contributed by atoms with van der Waals surface area (Å²) in [5, 5.41) is 12.3. The lowest BCUT2D eigenvalue weighted by Crippen LogP contribution is -2.28. The van der Waals surface area contributed by atoms with Crippen molar-refractivity contribution < 1.29 is 9.90 Å². The first-order chi connectivity index (χ1) is 16.8. The van der Waals surface area contributed by atoms with Crippen molar-refractivity contribution in [1.29, 1.82) is 0 Å². The van der Waals surface area contributed by atoms with Crippen LogP contribution in [0.2, 0.25) is 0 Å². The molecule has 1 atom stereocenters. The summed E-state index contributed by atoms with van der Waals surface area (Å²) in [6, 6.07) is 16.1. The van der Waals surface area contributed by atoms with Gasteiger partial charge < -0.3 is 10.4 Å². The van der Waals surface area contributed by atoms with Crippen molar-refractivity contribution >= 4 is 11.6 Å². The van der Waals surface area contributed by atoms with Gasteiger partial charge in [0.25, 0.3) is 0 Å². The van der Waals surface area contributed by atoms with Crippen LogP contribution in [0, 0.1) is 25.2 Å². The Morgan fingerprint density at radius 1 is 0.833 bits per heavy atom. The highest BCUT2D eigenvalue weighted by Crippen LogP contribution is 2.23. The molecule has 0 saturated carbocycles. The van der Waals surface area contributed by atoms with Crippen molar-refractivity contribution in [3.05, 3.63) is 65.2 Å². The van der Waals surface area contributed by atoms with Gasteiger partial charge in [-0.1, -0.05) is 137 Å². The van der Waals surface area contributed by atoms with Gasteiger partial charge in [0.05, 0.1) is 6.10 Å². The second-order valence-electron chi connectivity index (χ2n) is 10.9. The first-order valence-corrected chi connectivity index (χ1v) is 13.9. The molecule has 36 heavy (non-hydrogen) atoms. The minimum absolute atomic E-state index is 0.0555. The molecule has 2 rings (SSSR count). The Morgan fingerprint density at radius 2 is 1.33 bits per heavy atom. The van der Waals surface area contributed by atoms with Crippen molar-refractivity contribution in [1.82, 2.24) is 0 Å². The zero-order valence-electron chi connectivity index (χ0n) is 25.4. The Labute approximate surface area is 224 Å². The van der Waals surface area contributed by atoms with E-state index in [9.17, 15) is 9.90 Å². The van der Waals surface area contributed by atoms with E-state index in [0.29, 0.717) is 0 Å². The Balaban J connectivity index is 0. The average Bonchev–Trinajstić information content (AvgIpc) is 2.82. The number of nitrogens with one attached hydrogen (secondary N) is 1. The molecule has 0 saturated heterocycles. The lowest BCUT2D eigenvalue weighted by Gasteiger charge is -2.19. The number of aryl methyl sites for hydroxylation is 2. The maximum absolute atomic E-state index is 11.8. The number of benzene rings is 2. The highest BCUT2D eigenvalue weighted by atomic mass is 16.3. The van der Waals surface area contributed by atoms with Gasteiger partial charge in [0.1, 0.15) is 0 Å². The van der Waals surface area contributed by atoms with Gasteiger partial charge in [-0.3, -0.25) is 4.79 Å². The number of aliphatic hydroxyl groups excluding tert-OH is 1. The number of unbranched alkanes of at least 4 members (excludes halogenated alkanes) is 1. The van der Waals surface area contributed by atoms with E-state index in [2.05, 4.69) is 39.9 Å². The second kappa shape index (κ2) is 21.0. The predicted octanol–water partition coefficient (Wildman–Crippen LogP) is 9.54. The van der Waals surface area contributed by atoms with Crippen LogP contribution in [0.3, 0.4) is 0 Å². The average molecular weight is 500 g/mol. The number of carbonyl (C=O) groups is 1. The smallest absolute Gasteiger partial charge is 0.229 e. The molecule has 206 valence electrons. The molecule has 2 aromatic rings. The van der Waals surface area contributed by atoms with Gasteiger partial charge >= 0.3 is 0 Å². The van der Waals surface area contributed by atoms with Gasteiger partial charge in [0.2, 0.25) is 5.91 Å². The van der Waals surface area contributed by atoms with Crippen LogP contribution < -0.4 is 5.32 Å². The number of hydrogen-bond acceptors (Lipinski definition) is 2. The van der Waals surface area contributed by atoms with Crippen molar-refractivity contribution in [2.45, 2.75) is 121 Å². The molecule has 0 radical (unpaired) electrons. The molecular formula is C33H57NO2. The molecule has 2 aromatic carbocycles. The van der Waals surface area contributed by atoms with Crippen molar-refractivity contribution in [3.8, 4) is 0 Å². The third kappa shape index (κ3) is 19.1. The van der Waals surface area contributed by atoms with Crippen LogP contribution in [0.4, 0.5) is 5.69 Å². The fourth-order valence-electron chi connectivity index (χ4n) is 2.92. The zero-order valence-corrected chi connectivity index (χ0v) is 25.4. The normalized spacial score (nSPS) is 11.1. The monoisotopic (exact) mass is 499 g/mol. The number of rotatable bonds is 7. The highest BCUT2D eigenvalue weighted by Gasteiger charge is 2.22. The van der Waals surface area contributed by atoms with E-state index in [1.54, 1.807) is 0 Å². The van der Waals surface area contributed by atoms with Crippen LogP contribution in [0.25, 0.3) is 0 Å². The third-order valence-corrected chi connectivity index (χ3v) is 5.55. The highest BCUT2D eigenvalue weighted by molar-refractivity contribution is 5.95. The van der Waals surface area contributed by atoms with Crippen molar-refractivity contribution in [2.75, 3.05) is 5.32 Å². The molecule has 0 spiro atoms. The van der Waals surface area contributed by atoms with Gasteiger partial charge in [-0.25, -0.2) is 0 Å². The van der Waals surface area contributed by atoms with E-state index in [1.807, 2.05) is 90.1 Å². The fourth-order valence-corrected chi connectivity index (χ4v) is 2.92. The minimum Gasteiger partial charge on any atom is -0.393 e. The van der Waals surface area contributed by atoms with Crippen molar-refractivity contribution in [3.63, 3.8) is 0 Å². The number of amides is 1. The number of anilines is 1. The van der Waals surface area contributed by atoms with E-state index in [0.717, 1.165) is 35.6 Å². The van der Waals surface area contributed by atoms with Crippen LogP contribution >= 0.6 is 0 Å². The van der Waals surface area contributed by atoms with Crippen LogP contribution in [0.5, 0.6) is 0 Å². The summed E-state index contributed by atoms with van der Waals surface area (Å²) in [4.78, 5) is 11.8. The maximum atomic E-state index is 11.8. The van der Waals surface area contributed by atoms with Gasteiger partial charge in [0.15, 0.2) is 0 Å². The van der Waals surface area contributed by atoms with E-state index >= 15 is 0 Å². The van der Waals surface area contributed by atoms with E-state index in [1.165, 1.54) is 31.2 Å². The molecule has 2 N–H and O–H groups in total. The van der Waals surface area contributed by atoms with Crippen LogP contribution in [0.1, 0.15) is 111 Å². The lowest BCUT2D eigenvalue weighted by molar-refractivity contribution is -0.123. The molecular weight excluding hydrogens is 442 g/mol. The zero-order chi connectivity index (χ0) is 28.1. The maximum Gasteiger partial charge on any atom is 0.229 e. The molecule has 1 unspecified atom stereocenters. The Bertz CT molecular complexity index is 769. The molecule has 0 heterocycles. The van der Waals surface area contributed by atoms with Crippen LogP contribution in [0.15, 0.2) is 48.5 Å². The molecule has 0 aliphatic carbocycles. The Hall–Kier alpha value is -2.13. The summed E-state index contributed by atoms with van der Waals surface area (Å²) < 4.78 is 0. The molecule has 0 aliphatic heterocycles. The number of carbonyl (C=O) groups excluding carboxylic acids is 1. The quantitative estimate of drug-likeness (QED) is 0.398. The van der Waals surface area contributed by atoms with E-state index < -0.39 is 0 Å². The lowest BCUT2D eigenvalue weighted by atomic mass is 9.95. The molecule has 0 bridgehead atoms. The third-order valence-electron chi connectivity index (χ3n) is 5.55. The Morgan fingerprint density at radius 3 is 1.67 bits per heavy atom. The van der Waals surface area contributed by atoms with E-state index in [-0.39, 0.29) is 17.4 Å². The molecule has 0 aromatic heterocycles. The SMILES string of the molecule is CCC(O)Cc1ccccc1.CCCC.CCCC(C)C.Cc1cccc(C)c1NC(=O)C(C)(C)C. The van der Waals surface area contributed by atoms with E-state index in [4.69, 9.17) is 0 Å². The summed E-state index contributed by atoms with van der Waals surface area (Å²) >= 11 is 0. The molecule has 0 aliphatic rings. The van der Waals surface area contributed by atoms with Gasteiger partial charge in [-0.15, -0.1) is 0 Å². The van der Waals surface area contributed by atoms with Crippen LogP contribution in [-0.4, -0.2) is 17.1 Å². The standard InChI is InChI=1S/C13H19NO.C10H14O.C6H14.C4H10/c1-9-7-6-8-10(2)11(9)14-12(15)13(3,4)5;1-2-10(11)8-9-6-4-3-5-7-9;1-4-5-6(2)3;1-3-4-2/h6-8H,1-5H3,(H,14,15);3-7,10-11H,2,8H2,1H3;6H,4-5H2,1-3H3;3-4H2,1-2H3. The molecule has 3 nitrogen and oxygen atoms in total. The summed E-state index contributed by atoms with van der Waals surface area (Å²) in [7, 11) is 0. The topological polar surface area (TPSA) is 49.3 Å². The largest absolute Gasteiger partial charge is 0.393 e. The van der Waals surface area contributed by atoms with Gasteiger partial charge in [0, 0.05) is 11.1 Å². The Kier molecular flexibility index (Phi) is 21.0. The van der Waals surface area contributed by atoms with Gasteiger partial charge in [-0.05, 0) is 49.3 Å². The fraction of sp³-hybridized carbons (Fsp3) is 0.606. The minimum atomic E-state index is -0.352. The number of para-hydroxylation sites is 1. The van der Waals surface area contributed by atoms with Crippen molar-refractivity contribution in [2.24, 2.45) is 11.3 Å². The molecule has 3 heteroatoms.